The summed E-state index contributed by atoms with van der Waals surface area (Å²) in [5.74, 6) is 1.88. The van der Waals surface area contributed by atoms with Crippen molar-refractivity contribution in [2.75, 3.05) is 0 Å². The van der Waals surface area contributed by atoms with Crippen molar-refractivity contribution in [2.45, 2.75) is 20.8 Å². The lowest BCUT2D eigenvalue weighted by atomic mass is 10.1. The first-order valence-electron chi connectivity index (χ1n) is 7.45. The molecule has 0 saturated carbocycles. The van der Waals surface area contributed by atoms with Gasteiger partial charge < -0.3 is 0 Å². The Bertz CT molecular complexity index is 1010. The van der Waals surface area contributed by atoms with Gasteiger partial charge in [-0.3, -0.25) is 4.57 Å². The van der Waals surface area contributed by atoms with Crippen LogP contribution in [0.3, 0.4) is 0 Å². The Hall–Kier alpha value is -2.68. The maximum atomic E-state index is 4.75. The lowest BCUT2D eigenvalue weighted by molar-refractivity contribution is 0.961. The first-order valence-corrected chi connectivity index (χ1v) is 7.45. The van der Waals surface area contributed by atoms with Crippen LogP contribution in [0.4, 0.5) is 0 Å². The van der Waals surface area contributed by atoms with Crippen molar-refractivity contribution < 1.29 is 0 Å². The third kappa shape index (κ3) is 1.82. The van der Waals surface area contributed by atoms with Gasteiger partial charge in [0.05, 0.1) is 11.0 Å². The summed E-state index contributed by atoms with van der Waals surface area (Å²) in [5.41, 5.74) is 4.68. The Morgan fingerprint density at radius 2 is 1.68 bits per heavy atom. The van der Waals surface area contributed by atoms with Gasteiger partial charge in [-0.15, -0.1) is 0 Å². The Labute approximate surface area is 129 Å². The predicted octanol–water partition coefficient (Wildman–Crippen LogP) is 4.50. The molecule has 0 aliphatic heterocycles. The van der Waals surface area contributed by atoms with Crippen molar-refractivity contribution in [2.24, 2.45) is 0 Å². The highest BCUT2D eigenvalue weighted by Gasteiger charge is 2.13. The second kappa shape index (κ2) is 4.67. The van der Waals surface area contributed by atoms with Crippen LogP contribution in [-0.4, -0.2) is 14.5 Å². The SMILES string of the molecule is Cc1ccc2c(nc(C)n2-c2cc3ccccc3cn2)c1C. The minimum atomic E-state index is 0.918. The molecule has 22 heavy (non-hydrogen) atoms. The molecule has 0 radical (unpaired) electrons. The van der Waals surface area contributed by atoms with E-state index in [-0.39, 0.29) is 0 Å². The highest BCUT2D eigenvalue weighted by molar-refractivity contribution is 5.85. The molecule has 3 nitrogen and oxygen atoms in total. The zero-order valence-corrected chi connectivity index (χ0v) is 13.0. The number of nitrogens with zero attached hydrogens (tertiary/aromatic N) is 3. The number of aryl methyl sites for hydroxylation is 3. The maximum absolute atomic E-state index is 4.75. The van der Waals surface area contributed by atoms with E-state index in [0.717, 1.165) is 28.1 Å². The number of fused-ring (bicyclic) bond motifs is 2. The number of imidazole rings is 1. The lowest BCUT2D eigenvalue weighted by Gasteiger charge is -2.08. The molecule has 4 aromatic rings. The van der Waals surface area contributed by atoms with Crippen LogP contribution < -0.4 is 0 Å². The van der Waals surface area contributed by atoms with Crippen molar-refractivity contribution in [1.82, 2.24) is 14.5 Å². The second-order valence-corrected chi connectivity index (χ2v) is 5.76. The predicted molar refractivity (Wildman–Crippen MR) is 90.6 cm³/mol. The second-order valence-electron chi connectivity index (χ2n) is 5.76. The van der Waals surface area contributed by atoms with E-state index < -0.39 is 0 Å². The van der Waals surface area contributed by atoms with E-state index in [9.17, 15) is 0 Å². The van der Waals surface area contributed by atoms with Crippen LogP contribution in [0, 0.1) is 20.8 Å². The van der Waals surface area contributed by atoms with Gasteiger partial charge in [0.2, 0.25) is 0 Å². The molecule has 0 aliphatic carbocycles. The summed E-state index contributed by atoms with van der Waals surface area (Å²) >= 11 is 0. The number of aromatic nitrogens is 3. The molecule has 3 heteroatoms. The van der Waals surface area contributed by atoms with Crippen LogP contribution in [-0.2, 0) is 0 Å². The van der Waals surface area contributed by atoms with Crippen molar-refractivity contribution in [1.29, 1.82) is 0 Å². The molecule has 4 rings (SSSR count). The van der Waals surface area contributed by atoms with E-state index in [0.29, 0.717) is 0 Å². The van der Waals surface area contributed by atoms with Gasteiger partial charge in [0.25, 0.3) is 0 Å². The first kappa shape index (κ1) is 13.0. The largest absolute Gasteiger partial charge is 0.281 e. The summed E-state index contributed by atoms with van der Waals surface area (Å²) in [7, 11) is 0. The molecule has 0 atom stereocenters. The third-order valence-corrected chi connectivity index (χ3v) is 4.36. The van der Waals surface area contributed by atoms with E-state index in [1.165, 1.54) is 16.5 Å². The summed E-state index contributed by atoms with van der Waals surface area (Å²) in [4.78, 5) is 9.39. The zero-order chi connectivity index (χ0) is 15.3. The summed E-state index contributed by atoms with van der Waals surface area (Å²) in [6.07, 6.45) is 1.93. The molecule has 2 heterocycles. The summed E-state index contributed by atoms with van der Waals surface area (Å²) < 4.78 is 2.13. The summed E-state index contributed by atoms with van der Waals surface area (Å²) in [6.45, 7) is 6.28. The number of rotatable bonds is 1. The molecule has 0 unspecified atom stereocenters. The molecule has 0 bridgehead atoms. The highest BCUT2D eigenvalue weighted by Crippen LogP contribution is 2.26. The van der Waals surface area contributed by atoms with E-state index in [2.05, 4.69) is 59.8 Å². The van der Waals surface area contributed by atoms with Crippen molar-refractivity contribution in [3.8, 4) is 5.82 Å². The average Bonchev–Trinajstić information content (AvgIpc) is 2.87. The quantitative estimate of drug-likeness (QED) is 0.516. The molecular formula is C19H17N3. The molecule has 0 spiro atoms. The summed E-state index contributed by atoms with van der Waals surface area (Å²) in [6, 6.07) is 14.7. The smallest absolute Gasteiger partial charge is 0.139 e. The van der Waals surface area contributed by atoms with Crippen LogP contribution in [0.1, 0.15) is 17.0 Å². The number of pyridine rings is 1. The number of benzene rings is 2. The molecule has 2 aromatic heterocycles. The fourth-order valence-corrected chi connectivity index (χ4v) is 2.98. The van der Waals surface area contributed by atoms with E-state index in [4.69, 9.17) is 4.98 Å². The average molecular weight is 287 g/mol. The van der Waals surface area contributed by atoms with Crippen molar-refractivity contribution in [3.05, 3.63) is 65.6 Å². The standard InChI is InChI=1S/C19H17N3/c1-12-8-9-17-19(13(12)2)21-14(3)22(17)18-10-15-6-4-5-7-16(15)11-20-18/h4-11H,1-3H3. The topological polar surface area (TPSA) is 30.7 Å². The summed E-state index contributed by atoms with van der Waals surface area (Å²) in [5, 5.41) is 2.35. The van der Waals surface area contributed by atoms with Crippen LogP contribution in [0.5, 0.6) is 0 Å². The van der Waals surface area contributed by atoms with Gasteiger partial charge in [-0.1, -0.05) is 30.3 Å². The number of hydrogen-bond acceptors (Lipinski definition) is 2. The van der Waals surface area contributed by atoms with Crippen LogP contribution in [0.25, 0.3) is 27.6 Å². The molecule has 0 amide bonds. The van der Waals surface area contributed by atoms with Gasteiger partial charge >= 0.3 is 0 Å². The molecular weight excluding hydrogens is 270 g/mol. The molecule has 2 aromatic carbocycles. The lowest BCUT2D eigenvalue weighted by Crippen LogP contribution is -1.99. The van der Waals surface area contributed by atoms with Crippen LogP contribution >= 0.6 is 0 Å². The monoisotopic (exact) mass is 287 g/mol. The van der Waals surface area contributed by atoms with Gasteiger partial charge in [0.1, 0.15) is 11.6 Å². The molecule has 0 fully saturated rings. The van der Waals surface area contributed by atoms with Crippen molar-refractivity contribution >= 4 is 21.8 Å². The fourth-order valence-electron chi connectivity index (χ4n) is 2.98. The first-order chi connectivity index (χ1) is 10.6. The van der Waals surface area contributed by atoms with Crippen molar-refractivity contribution in [3.63, 3.8) is 0 Å². The van der Waals surface area contributed by atoms with E-state index >= 15 is 0 Å². The normalized spacial score (nSPS) is 11.4. The number of hydrogen-bond donors (Lipinski definition) is 0. The highest BCUT2D eigenvalue weighted by atomic mass is 15.1. The molecule has 108 valence electrons. The third-order valence-electron chi connectivity index (χ3n) is 4.36. The zero-order valence-electron chi connectivity index (χ0n) is 13.0. The Morgan fingerprint density at radius 1 is 0.909 bits per heavy atom. The molecule has 0 saturated heterocycles. The van der Waals surface area contributed by atoms with Gasteiger partial charge in [-0.25, -0.2) is 9.97 Å². The Kier molecular flexibility index (Phi) is 2.76. The fraction of sp³-hybridized carbons (Fsp3) is 0.158. The van der Waals surface area contributed by atoms with Crippen LogP contribution in [0.15, 0.2) is 48.7 Å². The van der Waals surface area contributed by atoms with Gasteiger partial charge in [0.15, 0.2) is 0 Å². The maximum Gasteiger partial charge on any atom is 0.139 e. The Balaban J connectivity index is 2.03. The minimum Gasteiger partial charge on any atom is -0.281 e. The van der Waals surface area contributed by atoms with Gasteiger partial charge in [-0.2, -0.15) is 0 Å². The Morgan fingerprint density at radius 3 is 2.50 bits per heavy atom. The molecule has 0 N–H and O–H groups in total. The van der Waals surface area contributed by atoms with E-state index in [1.807, 2.05) is 19.2 Å². The van der Waals surface area contributed by atoms with Gasteiger partial charge in [0, 0.05) is 11.6 Å². The minimum absolute atomic E-state index is 0.918. The van der Waals surface area contributed by atoms with E-state index in [1.54, 1.807) is 0 Å². The van der Waals surface area contributed by atoms with Gasteiger partial charge in [-0.05, 0) is 49.4 Å². The molecule has 0 aliphatic rings. The van der Waals surface area contributed by atoms with Crippen LogP contribution in [0.2, 0.25) is 0 Å².